The Morgan fingerprint density at radius 2 is 1.19 bits per heavy atom. The molecule has 27 heavy (non-hydrogen) atoms. The Morgan fingerprint density at radius 3 is 1.56 bits per heavy atom. The molecule has 0 aliphatic heterocycles. The van der Waals surface area contributed by atoms with Crippen LogP contribution in [0.25, 0.3) is 4.83 Å². The van der Waals surface area contributed by atoms with E-state index in [1.165, 1.54) is 11.1 Å². The molecule has 0 unspecified atom stereocenters. The van der Waals surface area contributed by atoms with Crippen LogP contribution in [0.5, 0.6) is 0 Å². The minimum Gasteiger partial charge on any atom is -0.271 e. The Labute approximate surface area is 170 Å². The van der Waals surface area contributed by atoms with Crippen molar-refractivity contribution in [1.29, 1.82) is 0 Å². The molecule has 0 saturated heterocycles. The number of nitrogens with zero attached hydrogens (tertiary/aromatic N) is 1. The molecule has 0 aliphatic carbocycles. The zero-order valence-corrected chi connectivity index (χ0v) is 20.4. The van der Waals surface area contributed by atoms with Crippen molar-refractivity contribution in [3.05, 3.63) is 38.1 Å². The van der Waals surface area contributed by atoms with Crippen LogP contribution >= 0.6 is 11.3 Å². The Balaban J connectivity index is 3.16. The average molecular weight is 390 g/mol. The summed E-state index contributed by atoms with van der Waals surface area (Å²) >= 11 is 1.73. The molecule has 2 heterocycles. The van der Waals surface area contributed by atoms with E-state index in [9.17, 15) is 4.79 Å². The Kier molecular flexibility index (Phi) is 5.32. The molecule has 2 aromatic heterocycles. The highest BCUT2D eigenvalue weighted by atomic mass is 32.1. The lowest BCUT2D eigenvalue weighted by molar-refractivity contribution is 0.404. The van der Waals surface area contributed by atoms with Crippen molar-refractivity contribution in [2.24, 2.45) is 5.41 Å². The van der Waals surface area contributed by atoms with Crippen molar-refractivity contribution in [2.75, 3.05) is 0 Å². The molecule has 2 aromatic rings. The van der Waals surface area contributed by atoms with Crippen molar-refractivity contribution in [3.8, 4) is 0 Å². The van der Waals surface area contributed by atoms with Crippen LogP contribution in [0.4, 0.5) is 0 Å². The molecule has 0 bridgehead atoms. The summed E-state index contributed by atoms with van der Waals surface area (Å²) in [4.78, 5) is 15.0. The van der Waals surface area contributed by atoms with Crippen LogP contribution < -0.4 is 5.56 Å². The van der Waals surface area contributed by atoms with Gasteiger partial charge in [-0.1, -0.05) is 83.1 Å². The van der Waals surface area contributed by atoms with Crippen LogP contribution in [-0.2, 0) is 22.7 Å². The van der Waals surface area contributed by atoms with Crippen LogP contribution in [0.2, 0.25) is 0 Å². The van der Waals surface area contributed by atoms with Gasteiger partial charge < -0.3 is 0 Å². The number of aromatic nitrogens is 1. The van der Waals surface area contributed by atoms with Crippen molar-refractivity contribution < 1.29 is 0 Å². The summed E-state index contributed by atoms with van der Waals surface area (Å²) in [6.45, 7) is 26.8. The first kappa shape index (κ1) is 22.2. The monoisotopic (exact) mass is 389 g/mol. The zero-order valence-electron chi connectivity index (χ0n) is 19.5. The van der Waals surface area contributed by atoms with Crippen LogP contribution in [-0.4, -0.2) is 4.40 Å². The van der Waals surface area contributed by atoms with Crippen LogP contribution in [0.3, 0.4) is 0 Å². The normalized spacial score (nSPS) is 14.2. The predicted octanol–water partition coefficient (Wildman–Crippen LogP) is 6.84. The topological polar surface area (TPSA) is 21.5 Å². The average Bonchev–Trinajstić information content (AvgIpc) is 2.75. The van der Waals surface area contributed by atoms with E-state index in [2.05, 4.69) is 88.5 Å². The zero-order chi connectivity index (χ0) is 21.2. The summed E-state index contributed by atoms with van der Waals surface area (Å²) < 4.78 is 2.03. The second-order valence-corrected chi connectivity index (χ2v) is 13.1. The van der Waals surface area contributed by atoms with Gasteiger partial charge in [0, 0.05) is 16.6 Å². The van der Waals surface area contributed by atoms with Gasteiger partial charge in [0.1, 0.15) is 4.83 Å². The first-order valence-corrected chi connectivity index (χ1v) is 10.9. The van der Waals surface area contributed by atoms with E-state index in [1.54, 1.807) is 11.3 Å². The third-order valence-corrected chi connectivity index (χ3v) is 5.89. The van der Waals surface area contributed by atoms with Gasteiger partial charge in [-0.05, 0) is 39.2 Å². The minimum absolute atomic E-state index is 0.0363. The SMILES string of the molecule is CC(C)(C)Cc1csc2c(C(C)(C)C)c(C(C)(C)C)c(C(C)(C)C)c(=O)n12. The molecule has 2 nitrogen and oxygen atoms in total. The van der Waals surface area contributed by atoms with E-state index >= 15 is 0 Å². The van der Waals surface area contributed by atoms with Gasteiger partial charge in [-0.2, -0.15) is 0 Å². The molecule has 0 atom stereocenters. The molecule has 0 amide bonds. The molecule has 0 saturated carbocycles. The highest BCUT2D eigenvalue weighted by molar-refractivity contribution is 7.15. The summed E-state index contributed by atoms with van der Waals surface area (Å²) in [5.41, 5.74) is 4.69. The highest BCUT2D eigenvalue weighted by Gasteiger charge is 2.37. The van der Waals surface area contributed by atoms with Gasteiger partial charge in [-0.15, -0.1) is 11.3 Å². The molecule has 0 spiro atoms. The molecule has 0 fully saturated rings. The molecule has 0 aromatic carbocycles. The molecule has 0 radical (unpaired) electrons. The number of pyridine rings is 1. The molecule has 2 rings (SSSR count). The lowest BCUT2D eigenvalue weighted by Crippen LogP contribution is -2.37. The van der Waals surface area contributed by atoms with E-state index in [-0.39, 0.29) is 27.2 Å². The lowest BCUT2D eigenvalue weighted by Gasteiger charge is -2.36. The van der Waals surface area contributed by atoms with E-state index in [0.29, 0.717) is 0 Å². The quantitative estimate of drug-likeness (QED) is 0.523. The van der Waals surface area contributed by atoms with E-state index in [4.69, 9.17) is 0 Å². The smallest absolute Gasteiger partial charge is 0.260 e. The van der Waals surface area contributed by atoms with Gasteiger partial charge in [0.15, 0.2) is 0 Å². The summed E-state index contributed by atoms with van der Waals surface area (Å²) in [5, 5.41) is 2.20. The molecular formula is C24H39NOS. The summed E-state index contributed by atoms with van der Waals surface area (Å²) in [5.74, 6) is 0. The number of thiazole rings is 1. The maximum Gasteiger partial charge on any atom is 0.260 e. The van der Waals surface area contributed by atoms with Crippen molar-refractivity contribution >= 4 is 16.2 Å². The fourth-order valence-corrected chi connectivity index (χ4v) is 5.28. The van der Waals surface area contributed by atoms with Crippen molar-refractivity contribution in [3.63, 3.8) is 0 Å². The van der Waals surface area contributed by atoms with Gasteiger partial charge in [-0.25, -0.2) is 0 Å². The largest absolute Gasteiger partial charge is 0.271 e. The Morgan fingerprint density at radius 1 is 0.741 bits per heavy atom. The van der Waals surface area contributed by atoms with Gasteiger partial charge in [0.2, 0.25) is 0 Å². The maximum absolute atomic E-state index is 13.9. The standard InChI is InChI=1S/C24H39NOS/c1-21(2,3)13-15-14-27-20-18(24(10,11)12)16(22(4,5)6)17(23(7,8)9)19(26)25(15)20/h14H,13H2,1-12H3. The second kappa shape index (κ2) is 6.47. The fourth-order valence-electron chi connectivity index (χ4n) is 4.01. The van der Waals surface area contributed by atoms with E-state index < -0.39 is 0 Å². The number of fused-ring (bicyclic) bond motifs is 1. The summed E-state index contributed by atoms with van der Waals surface area (Å²) in [7, 11) is 0. The lowest BCUT2D eigenvalue weighted by atomic mass is 9.69. The second-order valence-electron chi connectivity index (χ2n) is 12.3. The highest BCUT2D eigenvalue weighted by Crippen LogP contribution is 2.43. The van der Waals surface area contributed by atoms with E-state index in [0.717, 1.165) is 22.5 Å². The molecular weight excluding hydrogens is 350 g/mol. The molecule has 0 aliphatic rings. The van der Waals surface area contributed by atoms with Crippen LogP contribution in [0.15, 0.2) is 10.2 Å². The van der Waals surface area contributed by atoms with Crippen molar-refractivity contribution in [2.45, 2.75) is 106 Å². The van der Waals surface area contributed by atoms with E-state index in [1.807, 2.05) is 4.40 Å². The minimum atomic E-state index is -0.207. The maximum atomic E-state index is 13.9. The van der Waals surface area contributed by atoms with Gasteiger partial charge >= 0.3 is 0 Å². The number of hydrogen-bond acceptors (Lipinski definition) is 2. The third kappa shape index (κ3) is 4.34. The molecule has 0 N–H and O–H groups in total. The number of rotatable bonds is 1. The summed E-state index contributed by atoms with van der Waals surface area (Å²) in [6.07, 6.45) is 0.898. The Hall–Kier alpha value is -1.09. The Bertz CT molecular complexity index is 900. The van der Waals surface area contributed by atoms with Gasteiger partial charge in [0.05, 0.1) is 0 Å². The molecule has 3 heteroatoms. The first-order valence-electron chi connectivity index (χ1n) is 10.1. The summed E-state index contributed by atoms with van der Waals surface area (Å²) in [6, 6.07) is 0. The van der Waals surface area contributed by atoms with Gasteiger partial charge in [-0.3, -0.25) is 9.20 Å². The number of hydrogen-bond donors (Lipinski definition) is 0. The van der Waals surface area contributed by atoms with Gasteiger partial charge in [0.25, 0.3) is 5.56 Å². The third-order valence-electron chi connectivity index (χ3n) is 4.89. The first-order chi connectivity index (χ1) is 11.9. The predicted molar refractivity (Wildman–Crippen MR) is 121 cm³/mol. The van der Waals surface area contributed by atoms with Crippen LogP contribution in [0, 0.1) is 5.41 Å². The fraction of sp³-hybridized carbons (Fsp3) is 0.708. The van der Waals surface area contributed by atoms with Crippen LogP contribution in [0.1, 0.15) is 105 Å². The van der Waals surface area contributed by atoms with Crippen molar-refractivity contribution in [1.82, 2.24) is 4.40 Å². The molecule has 152 valence electrons.